The fraction of sp³-hybridized carbons (Fsp3) is 0.444. The van der Waals surface area contributed by atoms with E-state index >= 15 is 0 Å². The molecule has 0 aliphatic carbocycles. The summed E-state index contributed by atoms with van der Waals surface area (Å²) in [6, 6.07) is 7.41. The summed E-state index contributed by atoms with van der Waals surface area (Å²) in [5.74, 6) is 1.18. The van der Waals surface area contributed by atoms with E-state index in [-0.39, 0.29) is 6.03 Å². The van der Waals surface area contributed by atoms with Gasteiger partial charge in [0.1, 0.15) is 5.75 Å². The maximum absolute atomic E-state index is 12.4. The molecule has 0 radical (unpaired) electrons. The molecule has 1 saturated heterocycles. The van der Waals surface area contributed by atoms with Gasteiger partial charge in [-0.25, -0.2) is 4.79 Å². The van der Waals surface area contributed by atoms with Crippen molar-refractivity contribution in [3.05, 3.63) is 46.7 Å². The molecule has 0 unspecified atom stereocenters. The van der Waals surface area contributed by atoms with Crippen molar-refractivity contribution in [2.24, 2.45) is 7.05 Å². The van der Waals surface area contributed by atoms with E-state index in [1.165, 1.54) is 5.69 Å². The summed E-state index contributed by atoms with van der Waals surface area (Å²) >= 11 is 6.03. The third kappa shape index (κ3) is 4.07. The smallest absolute Gasteiger partial charge is 0.317 e. The molecule has 0 spiro atoms. The van der Waals surface area contributed by atoms with Crippen molar-refractivity contribution in [1.29, 1.82) is 0 Å². The molecule has 2 amide bonds. The lowest BCUT2D eigenvalue weighted by atomic mass is 9.93. The van der Waals surface area contributed by atoms with Gasteiger partial charge in [0.2, 0.25) is 0 Å². The molecular weight excluding hydrogens is 340 g/mol. The summed E-state index contributed by atoms with van der Waals surface area (Å²) in [5.41, 5.74) is 2.11. The molecule has 2 heterocycles. The Morgan fingerprint density at radius 2 is 2.12 bits per heavy atom. The van der Waals surface area contributed by atoms with Gasteiger partial charge in [0, 0.05) is 55.1 Å². The fourth-order valence-corrected chi connectivity index (χ4v) is 3.53. The highest BCUT2D eigenvalue weighted by Gasteiger charge is 2.25. The number of hydrogen-bond acceptors (Lipinski definition) is 3. The quantitative estimate of drug-likeness (QED) is 0.908. The van der Waals surface area contributed by atoms with Crippen molar-refractivity contribution in [3.63, 3.8) is 0 Å². The number of halogens is 1. The monoisotopic (exact) mass is 362 g/mol. The van der Waals surface area contributed by atoms with E-state index in [1.807, 2.05) is 35.0 Å². The number of aromatic nitrogens is 2. The van der Waals surface area contributed by atoms with Gasteiger partial charge in [0.25, 0.3) is 0 Å². The minimum atomic E-state index is -0.0505. The molecule has 6 nitrogen and oxygen atoms in total. The van der Waals surface area contributed by atoms with Crippen molar-refractivity contribution < 1.29 is 9.53 Å². The first-order valence-corrected chi connectivity index (χ1v) is 8.79. The van der Waals surface area contributed by atoms with Crippen molar-refractivity contribution in [2.45, 2.75) is 25.3 Å². The van der Waals surface area contributed by atoms with Gasteiger partial charge >= 0.3 is 6.03 Å². The van der Waals surface area contributed by atoms with E-state index in [0.29, 0.717) is 17.5 Å². The lowest BCUT2D eigenvalue weighted by molar-refractivity contribution is 0.180. The van der Waals surface area contributed by atoms with Crippen LogP contribution >= 0.6 is 11.6 Å². The number of piperidine rings is 1. The third-order valence-electron chi connectivity index (χ3n) is 4.73. The number of rotatable bonds is 4. The zero-order valence-electron chi connectivity index (χ0n) is 14.5. The van der Waals surface area contributed by atoms with Crippen molar-refractivity contribution in [3.8, 4) is 5.75 Å². The Hall–Kier alpha value is -2.21. The van der Waals surface area contributed by atoms with Crippen molar-refractivity contribution in [1.82, 2.24) is 20.0 Å². The van der Waals surface area contributed by atoms with Crippen molar-refractivity contribution in [2.75, 3.05) is 20.2 Å². The number of amides is 2. The first-order chi connectivity index (χ1) is 12.1. The summed E-state index contributed by atoms with van der Waals surface area (Å²) in [5, 5.41) is 7.82. The fourth-order valence-electron chi connectivity index (χ4n) is 3.33. The maximum atomic E-state index is 12.4. The van der Waals surface area contributed by atoms with Gasteiger partial charge in [0.05, 0.1) is 7.11 Å². The molecule has 1 aromatic carbocycles. The van der Waals surface area contributed by atoms with Crippen LogP contribution in [0, 0.1) is 0 Å². The third-order valence-corrected chi connectivity index (χ3v) is 4.97. The van der Waals surface area contributed by atoms with Gasteiger partial charge in [-0.3, -0.25) is 4.68 Å². The van der Waals surface area contributed by atoms with Gasteiger partial charge in [-0.15, -0.1) is 0 Å². The molecule has 3 rings (SSSR count). The summed E-state index contributed by atoms with van der Waals surface area (Å²) in [6.45, 7) is 1.88. The average Bonchev–Trinajstić information content (AvgIpc) is 3.06. The first-order valence-electron chi connectivity index (χ1n) is 8.41. The molecule has 0 bridgehead atoms. The Morgan fingerprint density at radius 1 is 1.36 bits per heavy atom. The number of aryl methyl sites for hydroxylation is 1. The molecule has 1 fully saturated rings. The van der Waals surface area contributed by atoms with Gasteiger partial charge in [-0.2, -0.15) is 5.10 Å². The number of carbonyl (C=O) groups excluding carboxylic acids is 1. The second-order valence-electron chi connectivity index (χ2n) is 6.26. The molecule has 1 N–H and O–H groups in total. The standard InChI is InChI=1S/C18H23ClN4O2/c1-22-16(5-8-21-22)13-6-9-23(10-7-13)18(24)20-12-14-11-15(19)3-4-17(14)25-2/h3-5,8,11,13H,6-7,9-10,12H2,1-2H3,(H,20,24). The van der Waals surface area contributed by atoms with Crippen LogP contribution in [0.15, 0.2) is 30.5 Å². The molecule has 0 atom stereocenters. The number of ether oxygens (including phenoxy) is 1. The topological polar surface area (TPSA) is 59.4 Å². The van der Waals surface area contributed by atoms with Crippen LogP contribution in [0.3, 0.4) is 0 Å². The summed E-state index contributed by atoms with van der Waals surface area (Å²) in [6.07, 6.45) is 3.73. The molecule has 1 aromatic heterocycles. The number of methoxy groups -OCH3 is 1. The van der Waals surface area contributed by atoms with E-state index in [2.05, 4.69) is 16.5 Å². The highest BCUT2D eigenvalue weighted by atomic mass is 35.5. The number of benzene rings is 1. The molecule has 1 aliphatic heterocycles. The number of urea groups is 1. The van der Waals surface area contributed by atoms with E-state index < -0.39 is 0 Å². The van der Waals surface area contributed by atoms with Crippen LogP contribution < -0.4 is 10.1 Å². The van der Waals surface area contributed by atoms with Crippen LogP contribution in [0.25, 0.3) is 0 Å². The molecule has 7 heteroatoms. The van der Waals surface area contributed by atoms with Crippen LogP contribution in [0.2, 0.25) is 5.02 Å². The minimum Gasteiger partial charge on any atom is -0.496 e. The van der Waals surface area contributed by atoms with Crippen LogP contribution in [0.4, 0.5) is 4.79 Å². The van der Waals surface area contributed by atoms with Gasteiger partial charge in [-0.05, 0) is 37.1 Å². The molecular formula is C18H23ClN4O2. The van der Waals surface area contributed by atoms with Crippen LogP contribution in [0.1, 0.15) is 30.0 Å². The lowest BCUT2D eigenvalue weighted by Gasteiger charge is -2.32. The Morgan fingerprint density at radius 3 is 2.76 bits per heavy atom. The van der Waals surface area contributed by atoms with Gasteiger partial charge in [-0.1, -0.05) is 11.6 Å². The Kier molecular flexibility index (Phi) is 5.48. The summed E-state index contributed by atoms with van der Waals surface area (Å²) < 4.78 is 7.24. The predicted octanol–water partition coefficient (Wildman–Crippen LogP) is 3.17. The average molecular weight is 363 g/mol. The Balaban J connectivity index is 1.53. The number of carbonyl (C=O) groups is 1. The minimum absolute atomic E-state index is 0.0505. The second kappa shape index (κ2) is 7.78. The number of likely N-dealkylation sites (tertiary alicyclic amines) is 1. The Bertz CT molecular complexity index is 738. The Labute approximate surface area is 152 Å². The zero-order valence-corrected chi connectivity index (χ0v) is 15.3. The number of hydrogen-bond donors (Lipinski definition) is 1. The molecule has 2 aromatic rings. The van der Waals surface area contributed by atoms with Crippen LogP contribution in [-0.4, -0.2) is 40.9 Å². The molecule has 1 aliphatic rings. The second-order valence-corrected chi connectivity index (χ2v) is 6.69. The largest absolute Gasteiger partial charge is 0.496 e. The zero-order chi connectivity index (χ0) is 17.8. The summed E-state index contributed by atoms with van der Waals surface area (Å²) in [4.78, 5) is 14.3. The van der Waals surface area contributed by atoms with Gasteiger partial charge < -0.3 is 15.0 Å². The molecule has 25 heavy (non-hydrogen) atoms. The van der Waals surface area contributed by atoms with Crippen LogP contribution in [0.5, 0.6) is 5.75 Å². The van der Waals surface area contributed by atoms with E-state index in [0.717, 1.165) is 37.2 Å². The SMILES string of the molecule is COc1ccc(Cl)cc1CNC(=O)N1CCC(c2ccnn2C)CC1. The summed E-state index contributed by atoms with van der Waals surface area (Å²) in [7, 11) is 3.57. The molecule has 0 saturated carbocycles. The lowest BCUT2D eigenvalue weighted by Crippen LogP contribution is -2.44. The normalized spacial score (nSPS) is 15.2. The maximum Gasteiger partial charge on any atom is 0.317 e. The van der Waals surface area contributed by atoms with Crippen molar-refractivity contribution >= 4 is 17.6 Å². The van der Waals surface area contributed by atoms with Gasteiger partial charge in [0.15, 0.2) is 0 Å². The first kappa shape index (κ1) is 17.6. The number of nitrogens with zero attached hydrogens (tertiary/aromatic N) is 3. The van der Waals surface area contributed by atoms with Crippen LogP contribution in [-0.2, 0) is 13.6 Å². The number of nitrogens with one attached hydrogen (secondary N) is 1. The van der Waals surface area contributed by atoms with E-state index in [1.54, 1.807) is 13.2 Å². The van der Waals surface area contributed by atoms with E-state index in [4.69, 9.17) is 16.3 Å². The predicted molar refractivity (Wildman–Crippen MR) is 97.0 cm³/mol. The highest BCUT2D eigenvalue weighted by Crippen LogP contribution is 2.27. The van der Waals surface area contributed by atoms with E-state index in [9.17, 15) is 4.79 Å². The molecule has 134 valence electrons. The highest BCUT2D eigenvalue weighted by molar-refractivity contribution is 6.30.